The number of allylic oxidation sites excluding steroid dienone is 4. The smallest absolute Gasteiger partial charge is 0.227 e. The van der Waals surface area contributed by atoms with Crippen LogP contribution in [0.4, 0.5) is 17.3 Å². The van der Waals surface area contributed by atoms with Crippen LogP contribution in [0.25, 0.3) is 5.57 Å². The number of piperazine rings is 1. The molecular formula is C23H28N6. The highest BCUT2D eigenvalue weighted by atomic mass is 15.2. The van der Waals surface area contributed by atoms with E-state index in [2.05, 4.69) is 81.0 Å². The Hall–Kier alpha value is -3.12. The zero-order chi connectivity index (χ0) is 19.9. The average Bonchev–Trinajstić information content (AvgIpc) is 2.89. The van der Waals surface area contributed by atoms with E-state index in [0.717, 1.165) is 56.1 Å². The molecule has 0 atom stereocenters. The van der Waals surface area contributed by atoms with Crippen LogP contribution < -0.4 is 15.5 Å². The summed E-state index contributed by atoms with van der Waals surface area (Å²) in [6.45, 7) is 5.17. The van der Waals surface area contributed by atoms with Crippen LogP contribution in [0.1, 0.15) is 12.1 Å². The second-order valence-electron chi connectivity index (χ2n) is 7.37. The molecule has 0 unspecified atom stereocenters. The molecule has 0 saturated carbocycles. The zero-order valence-corrected chi connectivity index (χ0v) is 16.9. The van der Waals surface area contributed by atoms with Gasteiger partial charge < -0.3 is 20.4 Å². The van der Waals surface area contributed by atoms with Gasteiger partial charge in [0.25, 0.3) is 0 Å². The summed E-state index contributed by atoms with van der Waals surface area (Å²) in [5.41, 5.74) is 4.32. The van der Waals surface area contributed by atoms with Gasteiger partial charge in [-0.3, -0.25) is 0 Å². The number of hydrogen-bond acceptors (Lipinski definition) is 6. The molecule has 1 aromatic carbocycles. The average molecular weight is 389 g/mol. The minimum atomic E-state index is 0.609. The van der Waals surface area contributed by atoms with Crippen LogP contribution in [0.15, 0.2) is 67.0 Å². The van der Waals surface area contributed by atoms with Crippen molar-refractivity contribution < 1.29 is 0 Å². The lowest BCUT2D eigenvalue weighted by atomic mass is 10.1. The molecular weight excluding hydrogens is 360 g/mol. The SMILES string of the molecule is CN1CCN(c2ccc(Nc3nccc(/C4=C/NC/C=C\C=C/C4)n3)cc2)CC1. The van der Waals surface area contributed by atoms with Gasteiger partial charge in [-0.15, -0.1) is 0 Å². The molecule has 3 heterocycles. The quantitative estimate of drug-likeness (QED) is 0.837. The van der Waals surface area contributed by atoms with Crippen molar-refractivity contribution in [2.75, 3.05) is 50.0 Å². The minimum Gasteiger partial charge on any atom is -0.387 e. The molecule has 0 spiro atoms. The second-order valence-corrected chi connectivity index (χ2v) is 7.37. The van der Waals surface area contributed by atoms with Gasteiger partial charge in [0.05, 0.1) is 5.69 Å². The highest BCUT2D eigenvalue weighted by Gasteiger charge is 2.14. The molecule has 4 rings (SSSR count). The van der Waals surface area contributed by atoms with Gasteiger partial charge in [-0.2, -0.15) is 0 Å². The monoisotopic (exact) mass is 388 g/mol. The number of likely N-dealkylation sites (N-methyl/N-ethyl adjacent to an activating group) is 1. The molecule has 0 aliphatic carbocycles. The first-order chi connectivity index (χ1) is 14.3. The normalized spacial score (nSPS) is 21.7. The fraction of sp³-hybridized carbons (Fsp3) is 0.304. The summed E-state index contributed by atoms with van der Waals surface area (Å²) < 4.78 is 0. The lowest BCUT2D eigenvalue weighted by Crippen LogP contribution is -2.44. The first-order valence-corrected chi connectivity index (χ1v) is 10.2. The van der Waals surface area contributed by atoms with E-state index in [1.54, 1.807) is 6.20 Å². The predicted octanol–water partition coefficient (Wildman–Crippen LogP) is 3.42. The largest absolute Gasteiger partial charge is 0.387 e. The summed E-state index contributed by atoms with van der Waals surface area (Å²) in [4.78, 5) is 13.9. The van der Waals surface area contributed by atoms with Crippen LogP contribution in [0.3, 0.4) is 0 Å². The van der Waals surface area contributed by atoms with Gasteiger partial charge in [0.2, 0.25) is 5.95 Å². The van der Waals surface area contributed by atoms with Gasteiger partial charge >= 0.3 is 0 Å². The van der Waals surface area contributed by atoms with Crippen molar-refractivity contribution in [1.82, 2.24) is 20.2 Å². The van der Waals surface area contributed by atoms with Crippen molar-refractivity contribution in [2.45, 2.75) is 6.42 Å². The minimum absolute atomic E-state index is 0.609. The highest BCUT2D eigenvalue weighted by molar-refractivity contribution is 5.65. The van der Waals surface area contributed by atoms with Gasteiger partial charge in [0.1, 0.15) is 0 Å². The van der Waals surface area contributed by atoms with E-state index in [4.69, 9.17) is 4.98 Å². The number of aromatic nitrogens is 2. The third kappa shape index (κ3) is 5.23. The van der Waals surface area contributed by atoms with Gasteiger partial charge in [-0.1, -0.05) is 24.3 Å². The van der Waals surface area contributed by atoms with Crippen LogP contribution >= 0.6 is 0 Å². The summed E-state index contributed by atoms with van der Waals surface area (Å²) >= 11 is 0. The van der Waals surface area contributed by atoms with E-state index in [9.17, 15) is 0 Å². The second kappa shape index (κ2) is 9.39. The third-order valence-electron chi connectivity index (χ3n) is 5.21. The van der Waals surface area contributed by atoms with Crippen molar-refractivity contribution in [3.05, 3.63) is 72.7 Å². The summed E-state index contributed by atoms with van der Waals surface area (Å²) in [6.07, 6.45) is 13.0. The Bertz CT molecular complexity index is 892. The highest BCUT2D eigenvalue weighted by Crippen LogP contribution is 2.22. The van der Waals surface area contributed by atoms with E-state index >= 15 is 0 Å². The molecule has 2 aliphatic heterocycles. The third-order valence-corrected chi connectivity index (χ3v) is 5.21. The Morgan fingerprint density at radius 1 is 0.966 bits per heavy atom. The molecule has 2 aliphatic rings. The lowest BCUT2D eigenvalue weighted by molar-refractivity contribution is 0.313. The summed E-state index contributed by atoms with van der Waals surface area (Å²) in [5, 5.41) is 6.64. The predicted molar refractivity (Wildman–Crippen MR) is 120 cm³/mol. The first kappa shape index (κ1) is 19.2. The van der Waals surface area contributed by atoms with Crippen molar-refractivity contribution in [2.24, 2.45) is 0 Å². The maximum absolute atomic E-state index is 4.71. The number of rotatable bonds is 4. The Morgan fingerprint density at radius 3 is 2.59 bits per heavy atom. The number of benzene rings is 1. The van der Waals surface area contributed by atoms with Crippen molar-refractivity contribution in [3.63, 3.8) is 0 Å². The fourth-order valence-electron chi connectivity index (χ4n) is 3.45. The Morgan fingerprint density at radius 2 is 1.76 bits per heavy atom. The topological polar surface area (TPSA) is 56.3 Å². The molecule has 150 valence electrons. The van der Waals surface area contributed by atoms with E-state index < -0.39 is 0 Å². The molecule has 6 nitrogen and oxygen atoms in total. The maximum Gasteiger partial charge on any atom is 0.227 e. The van der Waals surface area contributed by atoms with Gasteiger partial charge in [-0.05, 0) is 49.4 Å². The van der Waals surface area contributed by atoms with Gasteiger partial charge in [0.15, 0.2) is 0 Å². The Kier molecular flexibility index (Phi) is 6.22. The van der Waals surface area contributed by atoms with E-state index in [0.29, 0.717) is 5.95 Å². The Labute approximate surface area is 172 Å². The van der Waals surface area contributed by atoms with Crippen molar-refractivity contribution >= 4 is 22.9 Å². The van der Waals surface area contributed by atoms with Crippen LogP contribution in [-0.2, 0) is 0 Å². The van der Waals surface area contributed by atoms with Gasteiger partial charge in [0, 0.05) is 56.5 Å². The lowest BCUT2D eigenvalue weighted by Gasteiger charge is -2.34. The zero-order valence-electron chi connectivity index (χ0n) is 16.9. The van der Waals surface area contributed by atoms with E-state index in [-0.39, 0.29) is 0 Å². The molecule has 1 saturated heterocycles. The molecule has 1 aromatic heterocycles. The summed E-state index contributed by atoms with van der Waals surface area (Å²) in [7, 11) is 2.18. The summed E-state index contributed by atoms with van der Waals surface area (Å²) in [5.74, 6) is 0.609. The summed E-state index contributed by atoms with van der Waals surface area (Å²) in [6, 6.07) is 10.5. The number of nitrogens with zero attached hydrogens (tertiary/aromatic N) is 4. The molecule has 29 heavy (non-hydrogen) atoms. The van der Waals surface area contributed by atoms with E-state index in [1.165, 1.54) is 5.69 Å². The molecule has 0 bridgehead atoms. The van der Waals surface area contributed by atoms with Crippen LogP contribution in [0, 0.1) is 0 Å². The van der Waals surface area contributed by atoms with E-state index in [1.807, 2.05) is 12.3 Å². The van der Waals surface area contributed by atoms with Crippen LogP contribution in [-0.4, -0.2) is 54.6 Å². The molecule has 6 heteroatoms. The molecule has 2 N–H and O–H groups in total. The number of hydrogen-bond donors (Lipinski definition) is 2. The number of anilines is 3. The molecule has 2 aromatic rings. The van der Waals surface area contributed by atoms with Crippen LogP contribution in [0.5, 0.6) is 0 Å². The Balaban J connectivity index is 1.44. The first-order valence-electron chi connectivity index (χ1n) is 10.2. The molecule has 1 fully saturated rings. The van der Waals surface area contributed by atoms with Crippen molar-refractivity contribution in [1.29, 1.82) is 0 Å². The fourth-order valence-corrected chi connectivity index (χ4v) is 3.45. The number of nitrogens with one attached hydrogen (secondary N) is 2. The molecule has 0 amide bonds. The van der Waals surface area contributed by atoms with Gasteiger partial charge in [-0.25, -0.2) is 9.97 Å². The van der Waals surface area contributed by atoms with Crippen LogP contribution in [0.2, 0.25) is 0 Å². The maximum atomic E-state index is 4.71. The molecule has 0 radical (unpaired) electrons. The van der Waals surface area contributed by atoms with Crippen molar-refractivity contribution in [3.8, 4) is 0 Å². The standard InChI is InChI=1S/C23H28N6/c1-28-14-16-29(17-15-28)21-9-7-20(8-10-21)26-23-25-13-11-22(27-23)19-6-4-2-3-5-12-24-18-19/h2-5,7-11,13,18,24H,6,12,14-17H2,1H3,(H,25,26,27)/b4-2-,5-3-,19-18+.